The summed E-state index contributed by atoms with van der Waals surface area (Å²) in [5.41, 5.74) is 0.861. The first-order valence-electron chi connectivity index (χ1n) is 5.51. The normalized spacial score (nSPS) is 20.4. The van der Waals surface area contributed by atoms with E-state index in [1.807, 2.05) is 12.1 Å². The summed E-state index contributed by atoms with van der Waals surface area (Å²) in [5, 5.41) is 14.3. The van der Waals surface area contributed by atoms with E-state index < -0.39 is 0 Å². The Labute approximate surface area is 108 Å². The number of nitrogens with one attached hydrogen (secondary N) is 1. The van der Waals surface area contributed by atoms with Crippen molar-refractivity contribution in [1.29, 1.82) is 0 Å². The van der Waals surface area contributed by atoms with Crippen LogP contribution in [0.15, 0.2) is 22.7 Å². The van der Waals surface area contributed by atoms with Crippen LogP contribution in [0.3, 0.4) is 0 Å². The molecule has 0 saturated carbocycles. The molecule has 0 aromatic heterocycles. The molecule has 1 saturated heterocycles. The number of hydrogen-bond acceptors (Lipinski definition) is 4. The number of nitro benzene ring substituents is 1. The van der Waals surface area contributed by atoms with Gasteiger partial charge in [-0.15, -0.1) is 0 Å². The molecule has 1 N–H and O–H groups in total. The summed E-state index contributed by atoms with van der Waals surface area (Å²) in [5.74, 6) is 0. The predicted molar refractivity (Wildman–Crippen MR) is 70.5 cm³/mol. The van der Waals surface area contributed by atoms with Gasteiger partial charge in [0.2, 0.25) is 0 Å². The standard InChI is InChI=1S/C11H14BrN3O2/c1-8-7-13-4-5-14(8)10-3-2-9(12)6-11(10)15(16)17/h2-3,6,8,13H,4-5,7H2,1H3/t8-/m1/s1. The maximum Gasteiger partial charge on any atom is 0.293 e. The Bertz CT molecular complexity index is 439. The van der Waals surface area contributed by atoms with Gasteiger partial charge in [-0.05, 0) is 19.1 Å². The minimum absolute atomic E-state index is 0.160. The summed E-state index contributed by atoms with van der Waals surface area (Å²) >= 11 is 3.27. The molecule has 0 aliphatic carbocycles. The fourth-order valence-electron chi connectivity index (χ4n) is 2.08. The maximum absolute atomic E-state index is 11.1. The Morgan fingerprint density at radius 2 is 2.35 bits per heavy atom. The third kappa shape index (κ3) is 2.58. The molecule has 0 radical (unpaired) electrons. The zero-order valence-electron chi connectivity index (χ0n) is 9.52. The second-order valence-electron chi connectivity index (χ2n) is 4.14. The van der Waals surface area contributed by atoms with Crippen LogP contribution in [0.1, 0.15) is 6.92 Å². The number of anilines is 1. The van der Waals surface area contributed by atoms with Crippen LogP contribution in [0.4, 0.5) is 11.4 Å². The van der Waals surface area contributed by atoms with E-state index in [1.54, 1.807) is 6.07 Å². The lowest BCUT2D eigenvalue weighted by Crippen LogP contribution is -2.50. The predicted octanol–water partition coefficient (Wildman–Crippen LogP) is 2.16. The molecule has 2 rings (SSSR count). The zero-order chi connectivity index (χ0) is 12.4. The van der Waals surface area contributed by atoms with E-state index in [0.29, 0.717) is 5.69 Å². The van der Waals surface area contributed by atoms with Crippen molar-refractivity contribution < 1.29 is 4.92 Å². The first kappa shape index (κ1) is 12.3. The number of nitro groups is 1. The molecule has 1 aliphatic heterocycles. The number of halogens is 1. The van der Waals surface area contributed by atoms with Gasteiger partial charge < -0.3 is 10.2 Å². The first-order valence-corrected chi connectivity index (χ1v) is 6.30. The molecule has 1 aromatic carbocycles. The van der Waals surface area contributed by atoms with Crippen LogP contribution in [0.25, 0.3) is 0 Å². The number of hydrogen-bond donors (Lipinski definition) is 1. The second-order valence-corrected chi connectivity index (χ2v) is 5.05. The molecular weight excluding hydrogens is 286 g/mol. The average Bonchev–Trinajstić information content (AvgIpc) is 2.30. The summed E-state index contributed by atoms with van der Waals surface area (Å²) in [6.45, 7) is 4.58. The first-order chi connectivity index (χ1) is 8.09. The Morgan fingerprint density at radius 1 is 1.59 bits per heavy atom. The molecule has 17 heavy (non-hydrogen) atoms. The molecule has 5 nitrogen and oxygen atoms in total. The van der Waals surface area contributed by atoms with Crippen LogP contribution in [0, 0.1) is 10.1 Å². The van der Waals surface area contributed by atoms with Crippen molar-refractivity contribution in [2.45, 2.75) is 13.0 Å². The third-order valence-electron chi connectivity index (χ3n) is 2.94. The number of nitrogens with zero attached hydrogens (tertiary/aromatic N) is 2. The Kier molecular flexibility index (Phi) is 3.63. The molecule has 0 bridgehead atoms. The molecule has 1 aromatic rings. The van der Waals surface area contributed by atoms with Gasteiger partial charge in [0, 0.05) is 36.2 Å². The van der Waals surface area contributed by atoms with Gasteiger partial charge in [-0.25, -0.2) is 0 Å². The fraction of sp³-hybridized carbons (Fsp3) is 0.455. The van der Waals surface area contributed by atoms with Crippen molar-refractivity contribution in [3.8, 4) is 0 Å². The minimum Gasteiger partial charge on any atom is -0.361 e. The second kappa shape index (κ2) is 5.01. The smallest absolute Gasteiger partial charge is 0.293 e. The largest absolute Gasteiger partial charge is 0.361 e. The molecule has 1 fully saturated rings. The number of piperazine rings is 1. The highest BCUT2D eigenvalue weighted by atomic mass is 79.9. The lowest BCUT2D eigenvalue weighted by atomic mass is 10.1. The molecule has 1 atom stereocenters. The van der Waals surface area contributed by atoms with Crippen molar-refractivity contribution >= 4 is 27.3 Å². The van der Waals surface area contributed by atoms with Crippen LogP contribution in [-0.2, 0) is 0 Å². The molecule has 1 heterocycles. The van der Waals surface area contributed by atoms with E-state index in [2.05, 4.69) is 33.1 Å². The third-order valence-corrected chi connectivity index (χ3v) is 3.44. The average molecular weight is 300 g/mol. The Morgan fingerprint density at radius 3 is 3.00 bits per heavy atom. The van der Waals surface area contributed by atoms with Crippen LogP contribution < -0.4 is 10.2 Å². The minimum atomic E-state index is -0.325. The topological polar surface area (TPSA) is 58.4 Å². The fourth-order valence-corrected chi connectivity index (χ4v) is 2.43. The number of rotatable bonds is 2. The zero-order valence-corrected chi connectivity index (χ0v) is 11.1. The van der Waals surface area contributed by atoms with Gasteiger partial charge >= 0.3 is 0 Å². The Hall–Kier alpha value is -1.14. The van der Waals surface area contributed by atoms with Crippen LogP contribution in [0.2, 0.25) is 0 Å². The van der Waals surface area contributed by atoms with Gasteiger partial charge in [0.1, 0.15) is 5.69 Å². The summed E-state index contributed by atoms with van der Waals surface area (Å²) in [7, 11) is 0. The lowest BCUT2D eigenvalue weighted by molar-refractivity contribution is -0.384. The highest BCUT2D eigenvalue weighted by Gasteiger charge is 2.25. The summed E-state index contributed by atoms with van der Waals surface area (Å²) in [6, 6.07) is 5.48. The highest BCUT2D eigenvalue weighted by molar-refractivity contribution is 9.10. The van der Waals surface area contributed by atoms with E-state index in [1.165, 1.54) is 0 Å². The quantitative estimate of drug-likeness (QED) is 0.671. The van der Waals surface area contributed by atoms with Gasteiger partial charge in [0.15, 0.2) is 0 Å². The van der Waals surface area contributed by atoms with E-state index in [4.69, 9.17) is 0 Å². The molecule has 0 spiro atoms. The van der Waals surface area contributed by atoms with Crippen molar-refractivity contribution in [2.24, 2.45) is 0 Å². The van der Waals surface area contributed by atoms with Gasteiger partial charge in [0.05, 0.1) is 4.92 Å². The molecule has 0 amide bonds. The molecule has 92 valence electrons. The Balaban J connectivity index is 2.39. The molecular formula is C11H14BrN3O2. The van der Waals surface area contributed by atoms with Crippen molar-refractivity contribution in [3.63, 3.8) is 0 Å². The van der Waals surface area contributed by atoms with Crippen LogP contribution in [-0.4, -0.2) is 30.6 Å². The highest BCUT2D eigenvalue weighted by Crippen LogP contribution is 2.32. The maximum atomic E-state index is 11.1. The van der Waals surface area contributed by atoms with Gasteiger partial charge in [0.25, 0.3) is 5.69 Å². The van der Waals surface area contributed by atoms with E-state index in [9.17, 15) is 10.1 Å². The molecule has 6 heteroatoms. The molecule has 0 unspecified atom stereocenters. The monoisotopic (exact) mass is 299 g/mol. The van der Waals surface area contributed by atoms with Crippen LogP contribution >= 0.6 is 15.9 Å². The van der Waals surface area contributed by atoms with Crippen LogP contribution in [0.5, 0.6) is 0 Å². The summed E-state index contributed by atoms with van der Waals surface area (Å²) < 4.78 is 0.732. The number of benzene rings is 1. The van der Waals surface area contributed by atoms with Gasteiger partial charge in [-0.2, -0.15) is 0 Å². The summed E-state index contributed by atoms with van der Waals surface area (Å²) in [4.78, 5) is 12.8. The van der Waals surface area contributed by atoms with Crippen molar-refractivity contribution in [1.82, 2.24) is 5.32 Å². The van der Waals surface area contributed by atoms with Crippen molar-refractivity contribution in [3.05, 3.63) is 32.8 Å². The SMILES string of the molecule is C[C@@H]1CNCCN1c1ccc(Br)cc1[N+](=O)[O-]. The van der Waals surface area contributed by atoms with E-state index in [-0.39, 0.29) is 16.7 Å². The van der Waals surface area contributed by atoms with Gasteiger partial charge in [-0.1, -0.05) is 15.9 Å². The van der Waals surface area contributed by atoms with Gasteiger partial charge in [-0.3, -0.25) is 10.1 Å². The van der Waals surface area contributed by atoms with Crippen molar-refractivity contribution in [2.75, 3.05) is 24.5 Å². The summed E-state index contributed by atoms with van der Waals surface area (Å²) in [6.07, 6.45) is 0. The van der Waals surface area contributed by atoms with E-state index in [0.717, 1.165) is 24.1 Å². The lowest BCUT2D eigenvalue weighted by Gasteiger charge is -2.35. The molecule has 1 aliphatic rings. The van der Waals surface area contributed by atoms with E-state index >= 15 is 0 Å².